The van der Waals surface area contributed by atoms with Crippen molar-refractivity contribution in [2.75, 3.05) is 19.6 Å². The predicted octanol–water partition coefficient (Wildman–Crippen LogP) is 2.21. The number of hydrogen-bond donors (Lipinski definition) is 1. The largest absolute Gasteiger partial charge is 0.309 e. The van der Waals surface area contributed by atoms with Crippen molar-refractivity contribution in [2.24, 2.45) is 7.05 Å². The molecule has 2 rings (SSSR count). The van der Waals surface area contributed by atoms with E-state index in [1.165, 1.54) is 25.0 Å². The summed E-state index contributed by atoms with van der Waals surface area (Å²) in [5.41, 5.74) is 1.61. The highest BCUT2D eigenvalue weighted by atomic mass is 15.3. The van der Waals surface area contributed by atoms with Crippen LogP contribution in [0.1, 0.15) is 45.7 Å². The summed E-state index contributed by atoms with van der Waals surface area (Å²) in [6, 6.07) is 2.82. The summed E-state index contributed by atoms with van der Waals surface area (Å²) in [6.07, 6.45) is 6.73. The lowest BCUT2D eigenvalue weighted by atomic mass is 9.92. The van der Waals surface area contributed by atoms with E-state index in [1.54, 1.807) is 0 Å². The Morgan fingerprint density at radius 3 is 2.85 bits per heavy atom. The molecule has 1 aliphatic rings. The molecule has 0 aliphatic carbocycles. The van der Waals surface area contributed by atoms with Crippen molar-refractivity contribution >= 4 is 0 Å². The van der Waals surface area contributed by atoms with Gasteiger partial charge in [-0.15, -0.1) is 0 Å². The Balaban J connectivity index is 1.98. The zero-order valence-corrected chi connectivity index (χ0v) is 13.5. The van der Waals surface area contributed by atoms with Crippen molar-refractivity contribution in [1.29, 1.82) is 0 Å². The maximum Gasteiger partial charge on any atom is 0.0492 e. The Kier molecular flexibility index (Phi) is 5.22. The third-order valence-electron chi connectivity index (χ3n) is 4.81. The van der Waals surface area contributed by atoms with Crippen LogP contribution in [0.4, 0.5) is 0 Å². The number of aromatic nitrogens is 2. The highest BCUT2D eigenvalue weighted by molar-refractivity contribution is 5.02. The molecule has 4 heteroatoms. The van der Waals surface area contributed by atoms with Gasteiger partial charge in [-0.05, 0) is 25.8 Å². The van der Waals surface area contributed by atoms with Crippen LogP contribution in [0.3, 0.4) is 0 Å². The first-order chi connectivity index (χ1) is 9.58. The lowest BCUT2D eigenvalue weighted by Crippen LogP contribution is -2.62. The maximum atomic E-state index is 4.27. The van der Waals surface area contributed by atoms with E-state index in [0.717, 1.165) is 26.1 Å². The van der Waals surface area contributed by atoms with Crippen molar-refractivity contribution in [3.63, 3.8) is 0 Å². The van der Waals surface area contributed by atoms with Gasteiger partial charge in [-0.3, -0.25) is 9.58 Å². The summed E-state index contributed by atoms with van der Waals surface area (Å²) in [5, 5.41) is 8.02. The van der Waals surface area contributed by atoms with Gasteiger partial charge in [0.15, 0.2) is 0 Å². The van der Waals surface area contributed by atoms with Crippen LogP contribution in [0.25, 0.3) is 0 Å². The number of rotatable bonds is 6. The summed E-state index contributed by atoms with van der Waals surface area (Å²) < 4.78 is 2.00. The van der Waals surface area contributed by atoms with E-state index in [4.69, 9.17) is 0 Å². The monoisotopic (exact) mass is 278 g/mol. The second-order valence-electron chi connectivity index (χ2n) is 6.40. The van der Waals surface area contributed by atoms with E-state index in [0.29, 0.717) is 6.04 Å². The Morgan fingerprint density at radius 2 is 2.25 bits per heavy atom. The average molecular weight is 278 g/mol. The van der Waals surface area contributed by atoms with Crippen LogP contribution in [0.5, 0.6) is 0 Å². The van der Waals surface area contributed by atoms with E-state index in [1.807, 2.05) is 17.9 Å². The number of hydrogen-bond acceptors (Lipinski definition) is 3. The van der Waals surface area contributed by atoms with Gasteiger partial charge >= 0.3 is 0 Å². The van der Waals surface area contributed by atoms with Crippen LogP contribution in [0.2, 0.25) is 0 Å². The van der Waals surface area contributed by atoms with E-state index in [9.17, 15) is 0 Å². The molecule has 1 fully saturated rings. The highest BCUT2D eigenvalue weighted by Gasteiger charge is 2.33. The minimum atomic E-state index is 0.275. The molecule has 4 nitrogen and oxygen atoms in total. The van der Waals surface area contributed by atoms with Crippen LogP contribution in [0, 0.1) is 0 Å². The number of aryl methyl sites for hydroxylation is 1. The third-order valence-corrected chi connectivity index (χ3v) is 4.81. The quantitative estimate of drug-likeness (QED) is 0.866. The lowest BCUT2D eigenvalue weighted by molar-refractivity contribution is 0.0798. The van der Waals surface area contributed by atoms with E-state index < -0.39 is 0 Å². The number of nitrogens with one attached hydrogen (secondary N) is 1. The van der Waals surface area contributed by atoms with Gasteiger partial charge in [-0.1, -0.05) is 20.3 Å². The molecule has 0 aromatic carbocycles. The molecule has 0 bridgehead atoms. The van der Waals surface area contributed by atoms with Crippen molar-refractivity contribution in [3.8, 4) is 0 Å². The van der Waals surface area contributed by atoms with Gasteiger partial charge in [-0.25, -0.2) is 0 Å². The molecule has 1 saturated heterocycles. The first kappa shape index (κ1) is 15.5. The van der Waals surface area contributed by atoms with Gasteiger partial charge in [0.25, 0.3) is 0 Å². The van der Waals surface area contributed by atoms with Crippen LogP contribution in [-0.4, -0.2) is 45.9 Å². The number of nitrogens with zero attached hydrogens (tertiary/aromatic N) is 3. The van der Waals surface area contributed by atoms with Gasteiger partial charge in [-0.2, -0.15) is 5.10 Å². The fraction of sp³-hybridized carbons (Fsp3) is 0.812. The Hall–Kier alpha value is -0.870. The van der Waals surface area contributed by atoms with E-state index >= 15 is 0 Å². The van der Waals surface area contributed by atoms with Crippen molar-refractivity contribution in [3.05, 3.63) is 18.0 Å². The van der Waals surface area contributed by atoms with Crippen molar-refractivity contribution in [1.82, 2.24) is 20.0 Å². The van der Waals surface area contributed by atoms with E-state index in [2.05, 4.69) is 42.2 Å². The molecule has 1 N–H and O–H groups in total. The normalized spacial score (nSPS) is 27.9. The molecule has 1 aromatic heterocycles. The Morgan fingerprint density at radius 1 is 1.45 bits per heavy atom. The minimum absolute atomic E-state index is 0.275. The predicted molar refractivity (Wildman–Crippen MR) is 83.9 cm³/mol. The molecular weight excluding hydrogens is 248 g/mol. The molecule has 2 heterocycles. The third kappa shape index (κ3) is 3.61. The van der Waals surface area contributed by atoms with Gasteiger partial charge < -0.3 is 5.32 Å². The summed E-state index contributed by atoms with van der Waals surface area (Å²) in [4.78, 5) is 2.69. The smallest absolute Gasteiger partial charge is 0.0492 e. The van der Waals surface area contributed by atoms with Crippen LogP contribution >= 0.6 is 0 Å². The first-order valence-corrected chi connectivity index (χ1v) is 8.04. The molecule has 2 atom stereocenters. The summed E-state index contributed by atoms with van der Waals surface area (Å²) in [7, 11) is 2.03. The minimum Gasteiger partial charge on any atom is -0.309 e. The fourth-order valence-corrected chi connectivity index (χ4v) is 3.15. The maximum absolute atomic E-state index is 4.27. The van der Waals surface area contributed by atoms with Crippen LogP contribution < -0.4 is 5.32 Å². The van der Waals surface area contributed by atoms with Crippen molar-refractivity contribution in [2.45, 2.75) is 58.0 Å². The molecule has 1 aromatic rings. The van der Waals surface area contributed by atoms with Gasteiger partial charge in [0.05, 0.1) is 0 Å². The second-order valence-corrected chi connectivity index (χ2v) is 6.40. The topological polar surface area (TPSA) is 33.1 Å². The molecule has 1 aliphatic heterocycles. The standard InChI is InChI=1S/C16H30N4/c1-5-7-15-12-17-16(3,6-2)13-20(15)11-9-14-8-10-18-19(14)4/h8,10,15,17H,5-7,9,11-13H2,1-4H3. The molecule has 0 amide bonds. The molecule has 0 radical (unpaired) electrons. The molecule has 2 unspecified atom stereocenters. The molecule has 20 heavy (non-hydrogen) atoms. The fourth-order valence-electron chi connectivity index (χ4n) is 3.15. The zero-order valence-electron chi connectivity index (χ0n) is 13.5. The Bertz CT molecular complexity index is 414. The van der Waals surface area contributed by atoms with Gasteiger partial charge in [0, 0.05) is 56.6 Å². The highest BCUT2D eigenvalue weighted by Crippen LogP contribution is 2.21. The van der Waals surface area contributed by atoms with Crippen molar-refractivity contribution < 1.29 is 0 Å². The second kappa shape index (κ2) is 6.72. The molecule has 0 spiro atoms. The lowest BCUT2D eigenvalue weighted by Gasteiger charge is -2.46. The summed E-state index contributed by atoms with van der Waals surface area (Å²) in [6.45, 7) is 10.3. The number of piperazine rings is 1. The van der Waals surface area contributed by atoms with Crippen LogP contribution in [-0.2, 0) is 13.5 Å². The summed E-state index contributed by atoms with van der Waals surface area (Å²) in [5.74, 6) is 0. The van der Waals surface area contributed by atoms with Crippen LogP contribution in [0.15, 0.2) is 12.3 Å². The molecule has 114 valence electrons. The molecular formula is C16H30N4. The first-order valence-electron chi connectivity index (χ1n) is 8.04. The van der Waals surface area contributed by atoms with Gasteiger partial charge in [0.1, 0.15) is 0 Å². The zero-order chi connectivity index (χ0) is 14.6. The summed E-state index contributed by atoms with van der Waals surface area (Å²) >= 11 is 0. The average Bonchev–Trinajstić information content (AvgIpc) is 2.85. The Labute approximate surface area is 123 Å². The molecule has 0 saturated carbocycles. The van der Waals surface area contributed by atoms with Gasteiger partial charge in [0.2, 0.25) is 0 Å². The van der Waals surface area contributed by atoms with E-state index in [-0.39, 0.29) is 5.54 Å². The SMILES string of the molecule is CCCC1CNC(C)(CC)CN1CCc1ccnn1C.